The van der Waals surface area contributed by atoms with Gasteiger partial charge in [0.2, 0.25) is 0 Å². The highest BCUT2D eigenvalue weighted by Gasteiger charge is 2.13. The van der Waals surface area contributed by atoms with Gasteiger partial charge in [-0.3, -0.25) is 0 Å². The molecular weight excluding hydrogens is 298 g/mol. The van der Waals surface area contributed by atoms with Crippen LogP contribution in [0.2, 0.25) is 0 Å². The predicted octanol–water partition coefficient (Wildman–Crippen LogP) is 2.01. The molecule has 1 aromatic rings. The molecule has 1 heterocycles. The highest BCUT2D eigenvalue weighted by molar-refractivity contribution is 14.1. The second kappa shape index (κ2) is 4.39. The number of hydrogen-bond donors (Lipinski definition) is 2. The van der Waals surface area contributed by atoms with Gasteiger partial charge in [0, 0.05) is 6.54 Å². The standard InChI is InChI=1S/C9H12FIN2O/c1-9(2,14)5-13-8-7(11)3-6(10)4-12-8/h3-4,14H,5H2,1-2H3,(H,12,13). The Labute approximate surface area is 95.9 Å². The van der Waals surface area contributed by atoms with Gasteiger partial charge in [-0.05, 0) is 42.5 Å². The highest BCUT2D eigenvalue weighted by Crippen LogP contribution is 2.16. The van der Waals surface area contributed by atoms with Gasteiger partial charge < -0.3 is 10.4 Å². The summed E-state index contributed by atoms with van der Waals surface area (Å²) in [7, 11) is 0. The molecule has 1 aromatic heterocycles. The zero-order chi connectivity index (χ0) is 10.8. The summed E-state index contributed by atoms with van der Waals surface area (Å²) < 4.78 is 13.4. The van der Waals surface area contributed by atoms with Crippen LogP contribution in [0.25, 0.3) is 0 Å². The van der Waals surface area contributed by atoms with Gasteiger partial charge in [0.15, 0.2) is 0 Å². The van der Waals surface area contributed by atoms with Crippen molar-refractivity contribution >= 4 is 28.4 Å². The first-order chi connectivity index (χ1) is 6.38. The van der Waals surface area contributed by atoms with Crippen molar-refractivity contribution in [2.45, 2.75) is 19.4 Å². The van der Waals surface area contributed by atoms with Gasteiger partial charge in [0.05, 0.1) is 15.4 Å². The van der Waals surface area contributed by atoms with Crippen molar-refractivity contribution in [2.75, 3.05) is 11.9 Å². The van der Waals surface area contributed by atoms with Crippen LogP contribution in [-0.4, -0.2) is 22.2 Å². The first kappa shape index (κ1) is 11.6. The van der Waals surface area contributed by atoms with Crippen LogP contribution in [0.15, 0.2) is 12.3 Å². The fraction of sp³-hybridized carbons (Fsp3) is 0.444. The third kappa shape index (κ3) is 3.75. The molecule has 0 aliphatic rings. The Morgan fingerprint density at radius 3 is 2.79 bits per heavy atom. The minimum Gasteiger partial charge on any atom is -0.389 e. The molecule has 0 aliphatic heterocycles. The SMILES string of the molecule is CC(C)(O)CNc1ncc(F)cc1I. The molecule has 0 radical (unpaired) electrons. The number of aliphatic hydroxyl groups is 1. The van der Waals surface area contributed by atoms with Gasteiger partial charge in [-0.25, -0.2) is 9.37 Å². The maximum absolute atomic E-state index is 12.7. The van der Waals surface area contributed by atoms with Crippen LogP contribution < -0.4 is 5.32 Å². The average Bonchev–Trinajstić information content (AvgIpc) is 2.00. The molecule has 3 nitrogen and oxygen atoms in total. The number of pyridine rings is 1. The first-order valence-corrected chi connectivity index (χ1v) is 5.24. The summed E-state index contributed by atoms with van der Waals surface area (Å²) in [5, 5.41) is 12.4. The predicted molar refractivity (Wildman–Crippen MR) is 61.7 cm³/mol. The molecule has 5 heteroatoms. The molecule has 14 heavy (non-hydrogen) atoms. The summed E-state index contributed by atoms with van der Waals surface area (Å²) in [5.74, 6) is 0.234. The van der Waals surface area contributed by atoms with E-state index in [1.165, 1.54) is 6.07 Å². The number of hydrogen-bond acceptors (Lipinski definition) is 3. The fourth-order valence-corrected chi connectivity index (χ4v) is 1.47. The van der Waals surface area contributed by atoms with Crippen molar-refractivity contribution < 1.29 is 9.50 Å². The largest absolute Gasteiger partial charge is 0.389 e. The van der Waals surface area contributed by atoms with Gasteiger partial charge in [-0.2, -0.15) is 0 Å². The molecule has 1 rings (SSSR count). The molecule has 0 saturated heterocycles. The quantitative estimate of drug-likeness (QED) is 0.840. The summed E-state index contributed by atoms with van der Waals surface area (Å²) in [6.07, 6.45) is 1.15. The van der Waals surface area contributed by atoms with E-state index >= 15 is 0 Å². The van der Waals surface area contributed by atoms with Crippen molar-refractivity contribution in [3.63, 3.8) is 0 Å². The van der Waals surface area contributed by atoms with Gasteiger partial charge in [-0.15, -0.1) is 0 Å². The number of nitrogens with one attached hydrogen (secondary N) is 1. The fourth-order valence-electron chi connectivity index (χ4n) is 0.845. The zero-order valence-electron chi connectivity index (χ0n) is 8.01. The summed E-state index contributed by atoms with van der Waals surface area (Å²) in [6, 6.07) is 1.39. The van der Waals surface area contributed by atoms with Gasteiger partial charge in [-0.1, -0.05) is 0 Å². The molecule has 0 atom stereocenters. The summed E-state index contributed by atoms with van der Waals surface area (Å²) in [4.78, 5) is 3.88. The van der Waals surface area contributed by atoms with E-state index in [4.69, 9.17) is 0 Å². The molecule has 0 aromatic carbocycles. The van der Waals surface area contributed by atoms with Gasteiger partial charge in [0.25, 0.3) is 0 Å². The Balaban J connectivity index is 2.68. The lowest BCUT2D eigenvalue weighted by Gasteiger charge is -2.18. The molecule has 0 fully saturated rings. The van der Waals surface area contributed by atoms with Crippen LogP contribution in [-0.2, 0) is 0 Å². The van der Waals surface area contributed by atoms with E-state index in [9.17, 15) is 9.50 Å². The lowest BCUT2D eigenvalue weighted by molar-refractivity contribution is 0.0944. The second-order valence-electron chi connectivity index (χ2n) is 3.65. The molecule has 0 spiro atoms. The van der Waals surface area contributed by atoms with E-state index in [0.29, 0.717) is 15.9 Å². The number of nitrogens with zero attached hydrogens (tertiary/aromatic N) is 1. The molecule has 0 saturated carbocycles. The zero-order valence-corrected chi connectivity index (χ0v) is 10.2. The Kier molecular flexibility index (Phi) is 3.65. The van der Waals surface area contributed by atoms with E-state index < -0.39 is 5.60 Å². The van der Waals surface area contributed by atoms with Crippen LogP contribution in [0.5, 0.6) is 0 Å². The number of aromatic nitrogens is 1. The number of halogens is 2. The molecule has 0 unspecified atom stereocenters. The normalized spacial score (nSPS) is 11.5. The van der Waals surface area contributed by atoms with Crippen LogP contribution in [0.1, 0.15) is 13.8 Å². The van der Waals surface area contributed by atoms with E-state index in [1.807, 2.05) is 22.6 Å². The molecule has 0 bridgehead atoms. The maximum Gasteiger partial charge on any atom is 0.142 e. The summed E-state index contributed by atoms with van der Waals surface area (Å²) in [6.45, 7) is 3.76. The minimum atomic E-state index is -0.806. The Hall–Kier alpha value is -0.430. The van der Waals surface area contributed by atoms with Crippen molar-refractivity contribution in [2.24, 2.45) is 0 Å². The number of rotatable bonds is 3. The van der Waals surface area contributed by atoms with Crippen molar-refractivity contribution in [3.05, 3.63) is 21.7 Å². The Bertz CT molecular complexity index is 325. The van der Waals surface area contributed by atoms with Crippen LogP contribution in [0.4, 0.5) is 10.2 Å². The monoisotopic (exact) mass is 310 g/mol. The third-order valence-corrected chi connectivity index (χ3v) is 2.32. The van der Waals surface area contributed by atoms with Crippen LogP contribution in [0.3, 0.4) is 0 Å². The topological polar surface area (TPSA) is 45.1 Å². The molecule has 0 aliphatic carbocycles. The smallest absolute Gasteiger partial charge is 0.142 e. The third-order valence-electron chi connectivity index (χ3n) is 1.50. The molecule has 0 amide bonds. The lowest BCUT2D eigenvalue weighted by Crippen LogP contribution is -2.29. The van der Waals surface area contributed by atoms with E-state index in [0.717, 1.165) is 6.20 Å². The van der Waals surface area contributed by atoms with E-state index in [2.05, 4.69) is 10.3 Å². The Morgan fingerprint density at radius 2 is 2.29 bits per heavy atom. The van der Waals surface area contributed by atoms with Crippen LogP contribution in [0, 0.1) is 9.39 Å². The summed E-state index contributed by atoms with van der Waals surface area (Å²) >= 11 is 1.99. The second-order valence-corrected chi connectivity index (χ2v) is 4.81. The lowest BCUT2D eigenvalue weighted by atomic mass is 10.1. The van der Waals surface area contributed by atoms with Gasteiger partial charge >= 0.3 is 0 Å². The highest BCUT2D eigenvalue weighted by atomic mass is 127. The van der Waals surface area contributed by atoms with Gasteiger partial charge in [0.1, 0.15) is 11.6 Å². The molecule has 78 valence electrons. The van der Waals surface area contributed by atoms with Crippen LogP contribution >= 0.6 is 22.6 Å². The van der Waals surface area contributed by atoms with E-state index in [1.54, 1.807) is 13.8 Å². The Morgan fingerprint density at radius 1 is 1.64 bits per heavy atom. The maximum atomic E-state index is 12.7. The first-order valence-electron chi connectivity index (χ1n) is 4.16. The van der Waals surface area contributed by atoms with Crippen molar-refractivity contribution in [3.8, 4) is 0 Å². The number of anilines is 1. The molecule has 2 N–H and O–H groups in total. The minimum absolute atomic E-state index is 0.358. The van der Waals surface area contributed by atoms with Crippen molar-refractivity contribution in [1.82, 2.24) is 4.98 Å². The van der Waals surface area contributed by atoms with Crippen molar-refractivity contribution in [1.29, 1.82) is 0 Å². The van der Waals surface area contributed by atoms with E-state index in [-0.39, 0.29) is 5.82 Å². The average molecular weight is 310 g/mol. The molecular formula is C9H12FIN2O. The summed E-state index contributed by atoms with van der Waals surface area (Å²) in [5.41, 5.74) is -0.806.